The molecule has 9 nitrogen and oxygen atoms in total. The molecule has 0 bridgehead atoms. The van der Waals surface area contributed by atoms with Gasteiger partial charge in [-0.1, -0.05) is 29.8 Å². The van der Waals surface area contributed by atoms with Crippen LogP contribution in [-0.2, 0) is 30.4 Å². The largest absolute Gasteiger partial charge is 0.474 e. The number of aromatic amines is 1. The van der Waals surface area contributed by atoms with Crippen molar-refractivity contribution in [2.45, 2.75) is 57.2 Å². The summed E-state index contributed by atoms with van der Waals surface area (Å²) in [4.78, 5) is 15.7. The molecule has 13 heteroatoms. The number of hydrogen-bond donors (Lipinski definition) is 1. The fourth-order valence-corrected chi connectivity index (χ4v) is 5.91. The Morgan fingerprint density at radius 3 is 2.49 bits per heavy atom. The maximum absolute atomic E-state index is 13.1. The summed E-state index contributed by atoms with van der Waals surface area (Å²) in [6.45, 7) is 3.72. The Hall–Kier alpha value is -4.00. The summed E-state index contributed by atoms with van der Waals surface area (Å²) in [5.41, 5.74) is 4.13. The molecule has 234 valence electrons. The quantitative estimate of drug-likeness (QED) is 0.202. The SMILES string of the molecule is FC(F)(F)c1nc(-c2ccc3c(c2)nc(CN2CCC(Oc4cccc(Cc5ccc(Cl)cc5)n4)CC2)n3C[C@@H]2CCO2)n[nH]1. The first-order chi connectivity index (χ1) is 21.8. The molecular weight excluding hydrogens is 607 g/mol. The molecule has 1 atom stereocenters. The summed E-state index contributed by atoms with van der Waals surface area (Å²) >= 11 is 6.01. The first-order valence-corrected chi connectivity index (χ1v) is 15.3. The van der Waals surface area contributed by atoms with E-state index < -0.39 is 12.0 Å². The predicted octanol–water partition coefficient (Wildman–Crippen LogP) is 6.31. The smallest absolute Gasteiger partial charge is 0.451 e. The van der Waals surface area contributed by atoms with E-state index in [0.29, 0.717) is 41.5 Å². The minimum Gasteiger partial charge on any atom is -0.474 e. The molecule has 0 unspecified atom stereocenters. The molecule has 0 spiro atoms. The highest BCUT2D eigenvalue weighted by molar-refractivity contribution is 6.30. The van der Waals surface area contributed by atoms with Gasteiger partial charge in [0.25, 0.3) is 0 Å². The minimum absolute atomic E-state index is 0.0188. The van der Waals surface area contributed by atoms with Gasteiger partial charge in [-0.2, -0.15) is 18.3 Å². The molecule has 0 aliphatic carbocycles. The van der Waals surface area contributed by atoms with Gasteiger partial charge in [0.15, 0.2) is 5.82 Å². The number of piperidine rings is 1. The van der Waals surface area contributed by atoms with Gasteiger partial charge in [-0.25, -0.2) is 15.0 Å². The molecule has 0 amide bonds. The van der Waals surface area contributed by atoms with Crippen LogP contribution in [0.25, 0.3) is 22.4 Å². The molecular formula is C32H31ClF3N7O2. The van der Waals surface area contributed by atoms with Crippen molar-refractivity contribution in [1.29, 1.82) is 0 Å². The van der Waals surface area contributed by atoms with Crippen molar-refractivity contribution in [3.05, 3.63) is 88.6 Å². The van der Waals surface area contributed by atoms with Gasteiger partial charge >= 0.3 is 6.18 Å². The van der Waals surface area contributed by atoms with E-state index in [-0.39, 0.29) is 18.0 Å². The molecule has 2 aliphatic rings. The number of likely N-dealkylation sites (tertiary alicyclic amines) is 1. The second-order valence-electron chi connectivity index (χ2n) is 11.5. The van der Waals surface area contributed by atoms with Crippen molar-refractivity contribution < 1.29 is 22.6 Å². The fourth-order valence-electron chi connectivity index (χ4n) is 5.78. The lowest BCUT2D eigenvalue weighted by Crippen LogP contribution is -2.39. The summed E-state index contributed by atoms with van der Waals surface area (Å²) in [6, 6.07) is 19.0. The summed E-state index contributed by atoms with van der Waals surface area (Å²) in [7, 11) is 0. The van der Waals surface area contributed by atoms with Crippen LogP contribution in [0.15, 0.2) is 60.7 Å². The second kappa shape index (κ2) is 12.4. The van der Waals surface area contributed by atoms with E-state index in [4.69, 9.17) is 31.0 Å². The van der Waals surface area contributed by atoms with Crippen LogP contribution in [0.5, 0.6) is 5.88 Å². The van der Waals surface area contributed by atoms with E-state index in [1.807, 2.05) is 53.6 Å². The zero-order valence-electron chi connectivity index (χ0n) is 24.3. The Kier molecular flexibility index (Phi) is 8.19. The van der Waals surface area contributed by atoms with Gasteiger partial charge in [0.05, 0.1) is 30.2 Å². The average molecular weight is 638 g/mol. The van der Waals surface area contributed by atoms with E-state index in [2.05, 4.69) is 19.5 Å². The number of hydrogen-bond acceptors (Lipinski definition) is 7. The van der Waals surface area contributed by atoms with Crippen LogP contribution in [0.4, 0.5) is 13.2 Å². The third-order valence-electron chi connectivity index (χ3n) is 8.29. The highest BCUT2D eigenvalue weighted by atomic mass is 35.5. The predicted molar refractivity (Wildman–Crippen MR) is 162 cm³/mol. The summed E-state index contributed by atoms with van der Waals surface area (Å²) in [6.07, 6.45) is -1.03. The van der Waals surface area contributed by atoms with Crippen molar-refractivity contribution in [2.24, 2.45) is 0 Å². The second-order valence-corrected chi connectivity index (χ2v) is 11.9. The zero-order valence-corrected chi connectivity index (χ0v) is 25.1. The van der Waals surface area contributed by atoms with E-state index in [1.165, 1.54) is 0 Å². The highest BCUT2D eigenvalue weighted by Gasteiger charge is 2.35. The number of H-pyrrole nitrogens is 1. The van der Waals surface area contributed by atoms with Gasteiger partial charge in [-0.05, 0) is 61.2 Å². The zero-order chi connectivity index (χ0) is 31.0. The molecule has 0 saturated carbocycles. The lowest BCUT2D eigenvalue weighted by atomic mass is 10.1. The number of imidazole rings is 1. The molecule has 7 rings (SSSR count). The van der Waals surface area contributed by atoms with Crippen LogP contribution >= 0.6 is 11.6 Å². The Balaban J connectivity index is 1.02. The first-order valence-electron chi connectivity index (χ1n) is 15.0. The van der Waals surface area contributed by atoms with Crippen molar-refractivity contribution in [3.63, 3.8) is 0 Å². The van der Waals surface area contributed by atoms with Crippen molar-refractivity contribution in [2.75, 3.05) is 19.7 Å². The fraction of sp³-hybridized carbons (Fsp3) is 0.375. The van der Waals surface area contributed by atoms with E-state index in [0.717, 1.165) is 61.6 Å². The molecule has 1 N–H and O–H groups in total. The van der Waals surface area contributed by atoms with Gasteiger partial charge in [0, 0.05) is 48.5 Å². The molecule has 2 fully saturated rings. The molecule has 45 heavy (non-hydrogen) atoms. The van der Waals surface area contributed by atoms with Gasteiger partial charge in [-0.3, -0.25) is 10.00 Å². The molecule has 0 radical (unpaired) electrons. The number of nitrogens with zero attached hydrogens (tertiary/aromatic N) is 6. The number of aromatic nitrogens is 6. The maximum Gasteiger partial charge on any atom is 0.451 e. The first kappa shape index (κ1) is 29.7. The highest BCUT2D eigenvalue weighted by Crippen LogP contribution is 2.30. The average Bonchev–Trinajstić information content (AvgIpc) is 3.63. The Morgan fingerprint density at radius 2 is 1.78 bits per heavy atom. The number of rotatable bonds is 9. The van der Waals surface area contributed by atoms with E-state index in [1.54, 1.807) is 12.1 Å². The number of ether oxygens (including phenoxy) is 2. The van der Waals surface area contributed by atoms with E-state index >= 15 is 0 Å². The van der Waals surface area contributed by atoms with Crippen LogP contribution < -0.4 is 4.74 Å². The molecule has 5 aromatic rings. The molecule has 3 aromatic heterocycles. The van der Waals surface area contributed by atoms with Gasteiger partial charge in [0.2, 0.25) is 11.7 Å². The molecule has 2 aromatic carbocycles. The number of fused-ring (bicyclic) bond motifs is 1. The molecule has 2 aliphatic heterocycles. The summed E-state index contributed by atoms with van der Waals surface area (Å²) < 4.78 is 53.4. The van der Waals surface area contributed by atoms with Gasteiger partial charge in [0.1, 0.15) is 11.9 Å². The Labute approximate surface area is 262 Å². The minimum atomic E-state index is -4.59. The Morgan fingerprint density at radius 1 is 0.978 bits per heavy atom. The lowest BCUT2D eigenvalue weighted by molar-refractivity contribution is -0.144. The summed E-state index contributed by atoms with van der Waals surface area (Å²) in [5.74, 6) is 0.376. The maximum atomic E-state index is 13.1. The molecule has 2 saturated heterocycles. The van der Waals surface area contributed by atoms with Crippen molar-refractivity contribution in [1.82, 2.24) is 34.6 Å². The van der Waals surface area contributed by atoms with Gasteiger partial charge in [-0.15, -0.1) is 0 Å². The number of benzene rings is 2. The van der Waals surface area contributed by atoms with Crippen LogP contribution in [0.2, 0.25) is 5.02 Å². The number of alkyl halides is 3. The number of nitrogens with one attached hydrogen (secondary N) is 1. The third kappa shape index (κ3) is 6.82. The third-order valence-corrected chi connectivity index (χ3v) is 8.54. The van der Waals surface area contributed by atoms with Crippen molar-refractivity contribution >= 4 is 22.6 Å². The van der Waals surface area contributed by atoms with Crippen LogP contribution in [0.1, 0.15) is 42.2 Å². The monoisotopic (exact) mass is 637 g/mol. The van der Waals surface area contributed by atoms with Crippen LogP contribution in [0.3, 0.4) is 0 Å². The van der Waals surface area contributed by atoms with Crippen molar-refractivity contribution in [3.8, 4) is 17.3 Å². The molecule has 5 heterocycles. The topological polar surface area (TPSA) is 94.0 Å². The Bertz CT molecular complexity index is 1780. The van der Waals surface area contributed by atoms with E-state index in [9.17, 15) is 13.2 Å². The number of halogens is 4. The van der Waals surface area contributed by atoms with Gasteiger partial charge < -0.3 is 14.0 Å². The standard InChI is InChI=1S/C32H31ClF3N7O2/c33-22-7-4-20(5-8-22)16-23-2-1-3-29(37-23)45-24-10-13-42(14-11-24)19-28-38-26-17-21(30-39-31(41-40-30)32(34,35)36)6-9-27(26)43(28)18-25-12-15-44-25/h1-9,17,24-25H,10-16,18-19H2,(H,39,40,41)/t25-/m0/s1. The number of pyridine rings is 1. The lowest BCUT2D eigenvalue weighted by Gasteiger charge is -2.32. The normalized spacial score (nSPS) is 17.9. The van der Waals surface area contributed by atoms with Crippen LogP contribution in [-0.4, -0.2) is 66.5 Å². The van der Waals surface area contributed by atoms with Crippen LogP contribution in [0, 0.1) is 0 Å². The summed E-state index contributed by atoms with van der Waals surface area (Å²) in [5, 5.41) is 6.47.